The summed E-state index contributed by atoms with van der Waals surface area (Å²) >= 11 is 5.91. The molecule has 1 atom stereocenters. The number of ether oxygens (including phenoxy) is 2. The first kappa shape index (κ1) is 23.9. The van der Waals surface area contributed by atoms with Crippen molar-refractivity contribution in [2.75, 3.05) is 44.5 Å². The number of carbonyl (C=O) groups is 1. The van der Waals surface area contributed by atoms with Crippen molar-refractivity contribution in [3.05, 3.63) is 59.7 Å². The normalized spacial score (nSPS) is 15.9. The molecule has 2 heterocycles. The van der Waals surface area contributed by atoms with E-state index < -0.39 is 5.82 Å². The molecule has 10 heteroatoms. The number of nitrogens with one attached hydrogen (secondary N) is 2. The van der Waals surface area contributed by atoms with E-state index in [0.29, 0.717) is 53.6 Å². The van der Waals surface area contributed by atoms with Gasteiger partial charge in [0.15, 0.2) is 0 Å². The third-order valence-electron chi connectivity index (χ3n) is 5.10. The van der Waals surface area contributed by atoms with Gasteiger partial charge in [0.25, 0.3) is 0 Å². The van der Waals surface area contributed by atoms with Crippen molar-refractivity contribution in [1.29, 1.82) is 0 Å². The molecule has 8 nitrogen and oxygen atoms in total. The summed E-state index contributed by atoms with van der Waals surface area (Å²) in [6.45, 7) is 1.75. The molecule has 3 aromatic rings. The van der Waals surface area contributed by atoms with E-state index in [0.717, 1.165) is 6.42 Å². The van der Waals surface area contributed by atoms with Gasteiger partial charge in [-0.1, -0.05) is 17.7 Å². The van der Waals surface area contributed by atoms with E-state index in [1.54, 1.807) is 24.3 Å². The van der Waals surface area contributed by atoms with Crippen LogP contribution in [-0.4, -0.2) is 60.7 Å². The van der Waals surface area contributed by atoms with Crippen molar-refractivity contribution in [1.82, 2.24) is 14.9 Å². The first-order valence-corrected chi connectivity index (χ1v) is 11.1. The third kappa shape index (κ3) is 5.99. The van der Waals surface area contributed by atoms with Crippen molar-refractivity contribution < 1.29 is 18.7 Å². The van der Waals surface area contributed by atoms with Gasteiger partial charge in [-0.05, 0) is 38.4 Å². The van der Waals surface area contributed by atoms with Gasteiger partial charge in [-0.2, -0.15) is 0 Å². The number of hydrogen-bond donors (Lipinski definition) is 2. The summed E-state index contributed by atoms with van der Waals surface area (Å²) in [6, 6.07) is 7.82. The summed E-state index contributed by atoms with van der Waals surface area (Å²) in [6.07, 6.45) is 5.32. The molecule has 0 radical (unpaired) electrons. The molecule has 4 rings (SSSR count). The highest BCUT2D eigenvalue weighted by Crippen LogP contribution is 2.35. The van der Waals surface area contributed by atoms with Gasteiger partial charge in [0.1, 0.15) is 29.8 Å². The molecule has 1 fully saturated rings. The highest BCUT2D eigenvalue weighted by Gasteiger charge is 2.20. The SMILES string of the molecule is CN(C)C/C=C\C(=O)Nc1cc2c(Nc3ccc(F)c(Cl)c3)ncnc2cc1O[C@@H]1CCOC1. The Morgan fingerprint density at radius 1 is 1.32 bits per heavy atom. The number of amides is 1. The van der Waals surface area contributed by atoms with Crippen LogP contribution in [0.4, 0.5) is 21.6 Å². The average molecular weight is 486 g/mol. The molecule has 34 heavy (non-hydrogen) atoms. The smallest absolute Gasteiger partial charge is 0.248 e. The minimum absolute atomic E-state index is 0.00436. The zero-order valence-electron chi connectivity index (χ0n) is 18.8. The fourth-order valence-corrected chi connectivity index (χ4v) is 3.60. The van der Waals surface area contributed by atoms with Crippen LogP contribution in [0.5, 0.6) is 5.75 Å². The van der Waals surface area contributed by atoms with Gasteiger partial charge in [0.2, 0.25) is 5.91 Å². The van der Waals surface area contributed by atoms with E-state index in [-0.39, 0.29) is 17.0 Å². The lowest BCUT2D eigenvalue weighted by molar-refractivity contribution is -0.111. The number of halogens is 2. The molecule has 1 aliphatic rings. The molecule has 0 spiro atoms. The molecule has 2 aromatic carbocycles. The molecule has 1 saturated heterocycles. The number of nitrogens with zero attached hydrogens (tertiary/aromatic N) is 3. The second kappa shape index (κ2) is 10.8. The Morgan fingerprint density at radius 3 is 2.91 bits per heavy atom. The maximum Gasteiger partial charge on any atom is 0.248 e. The molecule has 0 unspecified atom stereocenters. The van der Waals surface area contributed by atoms with Crippen LogP contribution < -0.4 is 15.4 Å². The van der Waals surface area contributed by atoms with E-state index in [2.05, 4.69) is 20.6 Å². The highest BCUT2D eigenvalue weighted by molar-refractivity contribution is 6.31. The van der Waals surface area contributed by atoms with Gasteiger partial charge in [0.05, 0.1) is 29.4 Å². The van der Waals surface area contributed by atoms with Crippen LogP contribution in [0, 0.1) is 5.82 Å². The highest BCUT2D eigenvalue weighted by atomic mass is 35.5. The van der Waals surface area contributed by atoms with E-state index in [4.69, 9.17) is 21.1 Å². The maximum absolute atomic E-state index is 13.6. The van der Waals surface area contributed by atoms with Gasteiger partial charge in [-0.25, -0.2) is 14.4 Å². The number of hydrogen-bond acceptors (Lipinski definition) is 7. The number of aromatic nitrogens is 2. The molecular weight excluding hydrogens is 461 g/mol. The molecule has 0 aliphatic carbocycles. The van der Waals surface area contributed by atoms with Gasteiger partial charge >= 0.3 is 0 Å². The number of likely N-dealkylation sites (N-methyl/N-ethyl adjacent to an activating group) is 1. The number of fused-ring (bicyclic) bond motifs is 1. The second-order valence-corrected chi connectivity index (χ2v) is 8.51. The lowest BCUT2D eigenvalue weighted by Gasteiger charge is -2.17. The van der Waals surface area contributed by atoms with E-state index in [1.807, 2.05) is 19.0 Å². The molecule has 1 amide bonds. The quantitative estimate of drug-likeness (QED) is 0.457. The molecule has 0 saturated carbocycles. The lowest BCUT2D eigenvalue weighted by atomic mass is 10.1. The number of carbonyl (C=O) groups excluding carboxylic acids is 1. The van der Waals surface area contributed by atoms with Gasteiger partial charge in [-0.3, -0.25) is 4.79 Å². The summed E-state index contributed by atoms with van der Waals surface area (Å²) in [5.74, 6) is 0.170. The fourth-order valence-electron chi connectivity index (χ4n) is 3.42. The van der Waals surface area contributed by atoms with E-state index in [1.165, 1.54) is 24.5 Å². The minimum atomic E-state index is -0.509. The molecule has 1 aliphatic heterocycles. The largest absolute Gasteiger partial charge is 0.486 e. The Balaban J connectivity index is 1.68. The molecular formula is C24H25ClFN5O3. The Bertz CT molecular complexity index is 1210. The minimum Gasteiger partial charge on any atom is -0.486 e. The molecule has 0 bridgehead atoms. The zero-order valence-corrected chi connectivity index (χ0v) is 19.6. The van der Waals surface area contributed by atoms with Gasteiger partial charge in [-0.15, -0.1) is 0 Å². The van der Waals surface area contributed by atoms with E-state index >= 15 is 0 Å². The summed E-state index contributed by atoms with van der Waals surface area (Å²) in [5, 5.41) is 6.67. The summed E-state index contributed by atoms with van der Waals surface area (Å²) < 4.78 is 25.1. The van der Waals surface area contributed by atoms with Crippen LogP contribution in [0.25, 0.3) is 10.9 Å². The first-order valence-electron chi connectivity index (χ1n) is 10.8. The second-order valence-electron chi connectivity index (χ2n) is 8.10. The Morgan fingerprint density at radius 2 is 2.18 bits per heavy atom. The zero-order chi connectivity index (χ0) is 24.1. The predicted molar refractivity (Wildman–Crippen MR) is 130 cm³/mol. The van der Waals surface area contributed by atoms with Crippen molar-refractivity contribution in [2.24, 2.45) is 0 Å². The van der Waals surface area contributed by atoms with Crippen LogP contribution in [0.1, 0.15) is 6.42 Å². The lowest BCUT2D eigenvalue weighted by Crippen LogP contribution is -2.18. The molecule has 178 valence electrons. The Hall–Kier alpha value is -3.27. The number of anilines is 3. The summed E-state index contributed by atoms with van der Waals surface area (Å²) in [7, 11) is 3.84. The van der Waals surface area contributed by atoms with Crippen LogP contribution in [0.2, 0.25) is 5.02 Å². The van der Waals surface area contributed by atoms with Gasteiger partial charge in [0, 0.05) is 36.2 Å². The maximum atomic E-state index is 13.6. The van der Waals surface area contributed by atoms with Gasteiger partial charge < -0.3 is 25.0 Å². The van der Waals surface area contributed by atoms with Crippen LogP contribution >= 0.6 is 11.6 Å². The van der Waals surface area contributed by atoms with Crippen molar-refractivity contribution in [3.63, 3.8) is 0 Å². The summed E-state index contributed by atoms with van der Waals surface area (Å²) in [5.41, 5.74) is 1.65. The first-order chi connectivity index (χ1) is 16.4. The number of rotatable bonds is 8. The summed E-state index contributed by atoms with van der Waals surface area (Å²) in [4.78, 5) is 23.2. The number of benzene rings is 2. The van der Waals surface area contributed by atoms with Crippen LogP contribution in [-0.2, 0) is 9.53 Å². The average Bonchev–Trinajstić information content (AvgIpc) is 3.30. The standard InChI is InChI=1S/C24H25ClFN5O3/c1-31(2)8-3-4-23(32)30-21-11-17-20(12-22(21)34-16-7-9-33-13-16)27-14-28-24(17)29-15-5-6-19(26)18(25)10-15/h3-6,10-12,14,16H,7-9,13H2,1-2H3,(H,30,32)(H,27,28,29)/b4-3-/t16-/m1/s1. The molecule has 2 N–H and O–H groups in total. The van der Waals surface area contributed by atoms with Crippen molar-refractivity contribution in [3.8, 4) is 5.75 Å². The fraction of sp³-hybridized carbons (Fsp3) is 0.292. The van der Waals surface area contributed by atoms with Crippen LogP contribution in [0.3, 0.4) is 0 Å². The Kier molecular flexibility index (Phi) is 7.56. The predicted octanol–water partition coefficient (Wildman–Crippen LogP) is 4.39. The third-order valence-corrected chi connectivity index (χ3v) is 5.39. The monoisotopic (exact) mass is 485 g/mol. The van der Waals surface area contributed by atoms with E-state index in [9.17, 15) is 9.18 Å². The molecule has 1 aromatic heterocycles. The van der Waals surface area contributed by atoms with Crippen molar-refractivity contribution >= 4 is 45.6 Å². The topological polar surface area (TPSA) is 88.6 Å². The Labute approximate surface area is 201 Å². The van der Waals surface area contributed by atoms with Crippen LogP contribution in [0.15, 0.2) is 48.8 Å². The van der Waals surface area contributed by atoms with Crippen molar-refractivity contribution in [2.45, 2.75) is 12.5 Å².